The maximum Gasteiger partial charge on any atom is 0.414 e. The minimum absolute atomic E-state index is 0.180. The van der Waals surface area contributed by atoms with Crippen molar-refractivity contribution >= 4 is 35.2 Å². The van der Waals surface area contributed by atoms with Gasteiger partial charge in [-0.3, -0.25) is 9.84 Å². The normalized spacial score (nSPS) is 11.3. The second-order valence-corrected chi connectivity index (χ2v) is 6.47. The van der Waals surface area contributed by atoms with Crippen molar-refractivity contribution in [3.8, 4) is 0 Å². The van der Waals surface area contributed by atoms with Crippen LogP contribution in [0.15, 0.2) is 28.9 Å². The Morgan fingerprint density at radius 2 is 2.14 bits per heavy atom. The molecule has 2 rings (SSSR count). The highest BCUT2D eigenvalue weighted by molar-refractivity contribution is 6.35. The van der Waals surface area contributed by atoms with E-state index in [-0.39, 0.29) is 5.88 Å². The first kappa shape index (κ1) is 16.6. The molecule has 0 saturated heterocycles. The van der Waals surface area contributed by atoms with Crippen molar-refractivity contribution in [3.05, 3.63) is 40.0 Å². The molecule has 0 aliphatic heterocycles. The minimum Gasteiger partial charge on any atom is -0.444 e. The number of amides is 1. The predicted octanol–water partition coefficient (Wildman–Crippen LogP) is 3.66. The fraction of sp³-hybridized carbons (Fsp3) is 0.357. The molecule has 0 aliphatic carbocycles. The SMILES string of the molecule is CC(C)(C)OC(=O)Nc1c[n+](Cc2ccc(Cl)cc2Cl)no1. The number of rotatable bonds is 3. The van der Waals surface area contributed by atoms with Gasteiger partial charge in [0.25, 0.3) is 6.20 Å². The van der Waals surface area contributed by atoms with E-state index in [4.69, 9.17) is 32.5 Å². The Labute approximate surface area is 137 Å². The molecule has 1 aromatic carbocycles. The van der Waals surface area contributed by atoms with Crippen molar-refractivity contribution in [3.63, 3.8) is 0 Å². The maximum atomic E-state index is 11.6. The zero-order chi connectivity index (χ0) is 16.3. The highest BCUT2D eigenvalue weighted by atomic mass is 35.5. The zero-order valence-corrected chi connectivity index (χ0v) is 13.9. The lowest BCUT2D eigenvalue weighted by atomic mass is 10.2. The largest absolute Gasteiger partial charge is 0.444 e. The summed E-state index contributed by atoms with van der Waals surface area (Å²) in [7, 11) is 0. The lowest BCUT2D eigenvalue weighted by molar-refractivity contribution is -0.754. The smallest absolute Gasteiger partial charge is 0.414 e. The summed E-state index contributed by atoms with van der Waals surface area (Å²) in [6.45, 7) is 5.70. The molecule has 1 N–H and O–H groups in total. The molecule has 1 heterocycles. The van der Waals surface area contributed by atoms with Crippen LogP contribution >= 0.6 is 23.2 Å². The second kappa shape index (κ2) is 6.54. The van der Waals surface area contributed by atoms with Crippen LogP contribution in [-0.4, -0.2) is 17.0 Å². The standard InChI is InChI=1S/C14H15Cl2N3O3/c1-14(2,3)21-13(20)17-12-8-19(18-22-12)7-9-4-5-10(15)6-11(9)16/h4-6,8H,7H2,1-3H3/p+1. The van der Waals surface area contributed by atoms with Crippen molar-refractivity contribution in [1.82, 2.24) is 5.27 Å². The van der Waals surface area contributed by atoms with Gasteiger partial charge in [0.05, 0.1) is 5.02 Å². The molecular weight excluding hydrogens is 329 g/mol. The lowest BCUT2D eigenvalue weighted by Crippen LogP contribution is -2.35. The van der Waals surface area contributed by atoms with Gasteiger partial charge >= 0.3 is 12.0 Å². The van der Waals surface area contributed by atoms with Crippen molar-refractivity contribution < 1.29 is 18.7 Å². The summed E-state index contributed by atoms with van der Waals surface area (Å²) in [5.41, 5.74) is 0.241. The third-order valence-corrected chi connectivity index (χ3v) is 3.07. The highest BCUT2D eigenvalue weighted by Gasteiger charge is 2.20. The number of aromatic nitrogens is 2. The number of nitrogens with one attached hydrogen (secondary N) is 1. The van der Waals surface area contributed by atoms with E-state index in [2.05, 4.69) is 10.6 Å². The van der Waals surface area contributed by atoms with Crippen molar-refractivity contribution in [1.29, 1.82) is 0 Å². The summed E-state index contributed by atoms with van der Waals surface area (Å²) in [6, 6.07) is 5.19. The number of hydrogen-bond donors (Lipinski definition) is 1. The number of carbonyl (C=O) groups excluding carboxylic acids is 1. The highest BCUT2D eigenvalue weighted by Crippen LogP contribution is 2.20. The molecule has 0 atom stereocenters. The van der Waals surface area contributed by atoms with Crippen LogP contribution in [0.1, 0.15) is 26.3 Å². The Hall–Kier alpha value is -1.79. The third-order valence-electron chi connectivity index (χ3n) is 2.48. The number of anilines is 1. The molecule has 0 bridgehead atoms. The average Bonchev–Trinajstić information content (AvgIpc) is 2.77. The molecule has 0 fully saturated rings. The molecular formula is C14H16Cl2N3O3+. The summed E-state index contributed by atoms with van der Waals surface area (Å²) < 4.78 is 11.6. The Bertz CT molecular complexity index is 680. The van der Waals surface area contributed by atoms with Crippen LogP contribution in [0.4, 0.5) is 10.7 Å². The first-order chi connectivity index (χ1) is 10.2. The number of benzene rings is 1. The van der Waals surface area contributed by atoms with Crippen molar-refractivity contribution in [2.75, 3.05) is 5.32 Å². The van der Waals surface area contributed by atoms with Gasteiger partial charge in [0.2, 0.25) is 11.8 Å². The third kappa shape index (κ3) is 4.89. The molecule has 8 heteroatoms. The second-order valence-electron chi connectivity index (χ2n) is 5.63. The first-order valence-corrected chi connectivity index (χ1v) is 7.29. The topological polar surface area (TPSA) is 68.2 Å². The predicted molar refractivity (Wildman–Crippen MR) is 82.1 cm³/mol. The summed E-state index contributed by atoms with van der Waals surface area (Å²) in [4.78, 5) is 11.6. The van der Waals surface area contributed by atoms with Gasteiger partial charge in [0.1, 0.15) is 5.60 Å². The summed E-state index contributed by atoms with van der Waals surface area (Å²) in [6.07, 6.45) is 0.926. The Kier molecular flexibility index (Phi) is 4.93. The molecule has 0 radical (unpaired) electrons. The molecule has 0 unspecified atom stereocenters. The van der Waals surface area contributed by atoms with E-state index in [1.165, 1.54) is 10.9 Å². The van der Waals surface area contributed by atoms with Gasteiger partial charge in [-0.1, -0.05) is 23.2 Å². The van der Waals surface area contributed by atoms with E-state index in [0.717, 1.165) is 5.56 Å². The van der Waals surface area contributed by atoms with Crippen LogP contribution in [-0.2, 0) is 11.3 Å². The van der Waals surface area contributed by atoms with Gasteiger partial charge in [-0.15, -0.1) is 0 Å². The number of hydrogen-bond acceptors (Lipinski definition) is 4. The molecule has 0 saturated carbocycles. The van der Waals surface area contributed by atoms with E-state index >= 15 is 0 Å². The van der Waals surface area contributed by atoms with Gasteiger partial charge in [-0.25, -0.2) is 4.79 Å². The molecule has 1 amide bonds. The Morgan fingerprint density at radius 3 is 2.77 bits per heavy atom. The maximum absolute atomic E-state index is 11.6. The number of carbonyl (C=O) groups is 1. The summed E-state index contributed by atoms with van der Waals surface area (Å²) >= 11 is 11.9. The number of halogens is 2. The molecule has 22 heavy (non-hydrogen) atoms. The Morgan fingerprint density at radius 1 is 1.41 bits per heavy atom. The van der Waals surface area contributed by atoms with E-state index < -0.39 is 11.7 Å². The van der Waals surface area contributed by atoms with E-state index in [1.54, 1.807) is 39.0 Å². The number of ether oxygens (including phenoxy) is 1. The van der Waals surface area contributed by atoms with Gasteiger partial charge in [0.15, 0.2) is 0 Å². The fourth-order valence-electron chi connectivity index (χ4n) is 1.64. The Balaban J connectivity index is 2.01. The van der Waals surface area contributed by atoms with Gasteiger partial charge in [-0.2, -0.15) is 0 Å². The quantitative estimate of drug-likeness (QED) is 0.862. The van der Waals surface area contributed by atoms with E-state index in [9.17, 15) is 4.79 Å². The first-order valence-electron chi connectivity index (χ1n) is 6.53. The van der Waals surface area contributed by atoms with Crippen molar-refractivity contribution in [2.45, 2.75) is 32.9 Å². The fourth-order valence-corrected chi connectivity index (χ4v) is 2.11. The van der Waals surface area contributed by atoms with Crippen LogP contribution < -0.4 is 10.00 Å². The van der Waals surface area contributed by atoms with Gasteiger partial charge in [-0.05, 0) is 43.7 Å². The van der Waals surface area contributed by atoms with Crippen LogP contribution in [0.2, 0.25) is 10.0 Å². The van der Waals surface area contributed by atoms with Crippen molar-refractivity contribution in [2.24, 2.45) is 0 Å². The zero-order valence-electron chi connectivity index (χ0n) is 12.4. The van der Waals surface area contributed by atoms with E-state index in [1.807, 2.05) is 0 Å². The minimum atomic E-state index is -0.611. The van der Waals surface area contributed by atoms with Crippen LogP contribution in [0.25, 0.3) is 0 Å². The average molecular weight is 345 g/mol. The van der Waals surface area contributed by atoms with Gasteiger partial charge < -0.3 is 4.74 Å². The van der Waals surface area contributed by atoms with E-state index in [0.29, 0.717) is 16.6 Å². The molecule has 0 aliphatic rings. The van der Waals surface area contributed by atoms with Gasteiger partial charge in [0, 0.05) is 10.6 Å². The molecule has 0 spiro atoms. The lowest BCUT2D eigenvalue weighted by Gasteiger charge is -2.18. The summed E-state index contributed by atoms with van der Waals surface area (Å²) in [5, 5.41) is 7.36. The van der Waals surface area contributed by atoms with Crippen LogP contribution in [0, 0.1) is 0 Å². The molecule has 6 nitrogen and oxygen atoms in total. The number of nitrogens with zero attached hydrogens (tertiary/aromatic N) is 2. The molecule has 118 valence electrons. The monoisotopic (exact) mass is 344 g/mol. The molecule has 2 aromatic rings. The molecule has 1 aromatic heterocycles. The summed E-state index contributed by atoms with van der Waals surface area (Å²) in [5.74, 6) is 0.180. The van der Waals surface area contributed by atoms with Crippen LogP contribution in [0.3, 0.4) is 0 Å². The van der Waals surface area contributed by atoms with Crippen LogP contribution in [0.5, 0.6) is 0 Å².